The molecule has 1 amide bonds. The minimum atomic E-state index is 0.0983. The van der Waals surface area contributed by atoms with Crippen molar-refractivity contribution in [1.29, 1.82) is 0 Å². The molecule has 1 N–H and O–H groups in total. The molecule has 1 aromatic heterocycles. The van der Waals surface area contributed by atoms with Crippen LogP contribution < -0.4 is 5.32 Å². The molecular formula is C15H17N3O. The zero-order valence-electron chi connectivity index (χ0n) is 11.0. The monoisotopic (exact) mass is 255 g/mol. The predicted octanol–water partition coefficient (Wildman–Crippen LogP) is 2.59. The minimum Gasteiger partial charge on any atom is -0.309 e. The number of hydrogen-bond donors (Lipinski definition) is 1. The van der Waals surface area contributed by atoms with Gasteiger partial charge in [0.2, 0.25) is 5.91 Å². The summed E-state index contributed by atoms with van der Waals surface area (Å²) >= 11 is 0. The van der Waals surface area contributed by atoms with E-state index in [-0.39, 0.29) is 11.8 Å². The van der Waals surface area contributed by atoms with Crippen molar-refractivity contribution in [1.82, 2.24) is 9.78 Å². The summed E-state index contributed by atoms with van der Waals surface area (Å²) in [6, 6.07) is 10.1. The highest BCUT2D eigenvalue weighted by atomic mass is 16.2. The number of anilines is 1. The van der Waals surface area contributed by atoms with Crippen LogP contribution in [0.3, 0.4) is 0 Å². The molecule has 1 heterocycles. The smallest absolute Gasteiger partial charge is 0.228 e. The average Bonchev–Trinajstić information content (AvgIpc) is 3.16. The molecule has 4 nitrogen and oxygen atoms in total. The lowest BCUT2D eigenvalue weighted by Gasteiger charge is -2.05. The molecule has 98 valence electrons. The van der Waals surface area contributed by atoms with Crippen molar-refractivity contribution >= 4 is 11.7 Å². The number of carbonyl (C=O) groups is 1. The Labute approximate surface area is 112 Å². The van der Waals surface area contributed by atoms with E-state index in [4.69, 9.17) is 0 Å². The van der Waals surface area contributed by atoms with Gasteiger partial charge in [-0.15, -0.1) is 0 Å². The number of hydrogen-bond acceptors (Lipinski definition) is 2. The molecule has 0 spiro atoms. The standard InChI is InChI=1S/C15H17N3O/c1-11-4-2-3-5-13(11)10-18-9-8-14(17-18)16-15(19)12-6-7-12/h2-5,8-9,12H,6-7,10H2,1H3,(H,16,17,19). The van der Waals surface area contributed by atoms with Crippen LogP contribution in [0.5, 0.6) is 0 Å². The lowest BCUT2D eigenvalue weighted by Crippen LogP contribution is -2.14. The van der Waals surface area contributed by atoms with E-state index in [0.717, 1.165) is 19.4 Å². The molecule has 1 fully saturated rings. The summed E-state index contributed by atoms with van der Waals surface area (Å²) in [6.07, 6.45) is 3.92. The first kappa shape index (κ1) is 12.0. The lowest BCUT2D eigenvalue weighted by molar-refractivity contribution is -0.117. The largest absolute Gasteiger partial charge is 0.309 e. The maximum Gasteiger partial charge on any atom is 0.228 e. The van der Waals surface area contributed by atoms with Crippen LogP contribution in [-0.4, -0.2) is 15.7 Å². The van der Waals surface area contributed by atoms with Gasteiger partial charge in [-0.25, -0.2) is 0 Å². The Kier molecular flexibility index (Phi) is 3.07. The summed E-state index contributed by atoms with van der Waals surface area (Å²) in [4.78, 5) is 11.6. The normalized spacial score (nSPS) is 14.4. The van der Waals surface area contributed by atoms with Crippen LogP contribution in [0.25, 0.3) is 0 Å². The fourth-order valence-corrected chi connectivity index (χ4v) is 2.05. The average molecular weight is 255 g/mol. The topological polar surface area (TPSA) is 46.9 Å². The zero-order valence-corrected chi connectivity index (χ0v) is 11.0. The van der Waals surface area contributed by atoms with Crippen molar-refractivity contribution in [2.45, 2.75) is 26.3 Å². The molecule has 1 aliphatic rings. The number of aromatic nitrogens is 2. The van der Waals surface area contributed by atoms with Gasteiger partial charge in [-0.1, -0.05) is 24.3 Å². The minimum absolute atomic E-state index is 0.0983. The molecule has 1 aromatic carbocycles. The van der Waals surface area contributed by atoms with Gasteiger partial charge in [-0.3, -0.25) is 9.48 Å². The van der Waals surface area contributed by atoms with Crippen LogP contribution in [0.15, 0.2) is 36.5 Å². The molecule has 0 aliphatic heterocycles. The summed E-state index contributed by atoms with van der Waals surface area (Å²) in [7, 11) is 0. The van der Waals surface area contributed by atoms with Gasteiger partial charge in [0.25, 0.3) is 0 Å². The Morgan fingerprint density at radius 1 is 1.37 bits per heavy atom. The first-order valence-corrected chi connectivity index (χ1v) is 6.61. The number of benzene rings is 1. The Hall–Kier alpha value is -2.10. The van der Waals surface area contributed by atoms with Crippen LogP contribution in [0, 0.1) is 12.8 Å². The second kappa shape index (κ2) is 4.88. The van der Waals surface area contributed by atoms with Crippen LogP contribution in [0.2, 0.25) is 0 Å². The third-order valence-electron chi connectivity index (χ3n) is 3.43. The number of aryl methyl sites for hydroxylation is 1. The molecule has 0 bridgehead atoms. The van der Waals surface area contributed by atoms with Crippen molar-refractivity contribution in [3.8, 4) is 0 Å². The third-order valence-corrected chi connectivity index (χ3v) is 3.43. The fourth-order valence-electron chi connectivity index (χ4n) is 2.05. The molecule has 1 aliphatic carbocycles. The summed E-state index contributed by atoms with van der Waals surface area (Å²) in [6.45, 7) is 2.82. The quantitative estimate of drug-likeness (QED) is 0.912. The summed E-state index contributed by atoms with van der Waals surface area (Å²) < 4.78 is 1.85. The SMILES string of the molecule is Cc1ccccc1Cn1ccc(NC(=O)C2CC2)n1. The Morgan fingerprint density at radius 2 is 2.16 bits per heavy atom. The molecule has 4 heteroatoms. The Balaban J connectivity index is 1.67. The second-order valence-electron chi connectivity index (χ2n) is 5.09. The van der Waals surface area contributed by atoms with Gasteiger partial charge in [0.05, 0.1) is 6.54 Å². The van der Waals surface area contributed by atoms with Gasteiger partial charge in [0, 0.05) is 18.2 Å². The van der Waals surface area contributed by atoms with Crippen molar-refractivity contribution in [3.05, 3.63) is 47.7 Å². The summed E-state index contributed by atoms with van der Waals surface area (Å²) in [5.41, 5.74) is 2.49. The van der Waals surface area contributed by atoms with E-state index >= 15 is 0 Å². The van der Waals surface area contributed by atoms with Crippen molar-refractivity contribution in [3.63, 3.8) is 0 Å². The third kappa shape index (κ3) is 2.84. The molecule has 0 saturated heterocycles. The molecular weight excluding hydrogens is 238 g/mol. The van der Waals surface area contributed by atoms with Gasteiger partial charge < -0.3 is 5.32 Å². The Morgan fingerprint density at radius 3 is 2.89 bits per heavy atom. The van der Waals surface area contributed by atoms with E-state index in [2.05, 4.69) is 29.5 Å². The zero-order chi connectivity index (χ0) is 13.2. The molecule has 3 rings (SSSR count). The maximum atomic E-state index is 11.6. The van der Waals surface area contributed by atoms with Crippen molar-refractivity contribution < 1.29 is 4.79 Å². The fraction of sp³-hybridized carbons (Fsp3) is 0.333. The van der Waals surface area contributed by atoms with Gasteiger partial charge >= 0.3 is 0 Å². The van der Waals surface area contributed by atoms with E-state index < -0.39 is 0 Å². The lowest BCUT2D eigenvalue weighted by atomic mass is 10.1. The number of carbonyl (C=O) groups excluding carboxylic acids is 1. The van der Waals surface area contributed by atoms with E-state index in [1.807, 2.05) is 29.1 Å². The highest BCUT2D eigenvalue weighted by Gasteiger charge is 2.29. The van der Waals surface area contributed by atoms with E-state index in [1.165, 1.54) is 11.1 Å². The first-order chi connectivity index (χ1) is 9.22. The second-order valence-corrected chi connectivity index (χ2v) is 5.09. The van der Waals surface area contributed by atoms with Gasteiger partial charge in [-0.05, 0) is 30.9 Å². The summed E-state index contributed by atoms with van der Waals surface area (Å²) in [5, 5.41) is 7.24. The van der Waals surface area contributed by atoms with Gasteiger partial charge in [0.15, 0.2) is 5.82 Å². The van der Waals surface area contributed by atoms with Crippen LogP contribution in [0.1, 0.15) is 24.0 Å². The number of rotatable bonds is 4. The van der Waals surface area contributed by atoms with E-state index in [1.54, 1.807) is 0 Å². The van der Waals surface area contributed by atoms with Crippen molar-refractivity contribution in [2.24, 2.45) is 5.92 Å². The van der Waals surface area contributed by atoms with Gasteiger partial charge in [-0.2, -0.15) is 5.10 Å². The number of nitrogens with one attached hydrogen (secondary N) is 1. The molecule has 0 unspecified atom stereocenters. The van der Waals surface area contributed by atoms with Crippen LogP contribution in [-0.2, 0) is 11.3 Å². The first-order valence-electron chi connectivity index (χ1n) is 6.61. The molecule has 19 heavy (non-hydrogen) atoms. The Bertz CT molecular complexity index is 599. The van der Waals surface area contributed by atoms with Crippen LogP contribution >= 0.6 is 0 Å². The highest BCUT2D eigenvalue weighted by Crippen LogP contribution is 2.29. The summed E-state index contributed by atoms with van der Waals surface area (Å²) in [5.74, 6) is 0.952. The van der Waals surface area contributed by atoms with E-state index in [9.17, 15) is 4.79 Å². The number of nitrogens with zero attached hydrogens (tertiary/aromatic N) is 2. The van der Waals surface area contributed by atoms with Gasteiger partial charge in [0.1, 0.15) is 0 Å². The molecule has 2 aromatic rings. The molecule has 1 saturated carbocycles. The number of amides is 1. The molecule has 0 atom stereocenters. The van der Waals surface area contributed by atoms with Crippen molar-refractivity contribution in [2.75, 3.05) is 5.32 Å². The predicted molar refractivity (Wildman–Crippen MR) is 73.9 cm³/mol. The highest BCUT2D eigenvalue weighted by molar-refractivity contribution is 5.93. The van der Waals surface area contributed by atoms with E-state index in [0.29, 0.717) is 5.82 Å². The molecule has 0 radical (unpaired) electrons. The van der Waals surface area contributed by atoms with Crippen LogP contribution in [0.4, 0.5) is 5.82 Å². The maximum absolute atomic E-state index is 11.6.